The van der Waals surface area contributed by atoms with Crippen LogP contribution in [0.15, 0.2) is 30.3 Å². The summed E-state index contributed by atoms with van der Waals surface area (Å²) in [6.45, 7) is 6.90. The van der Waals surface area contributed by atoms with Gasteiger partial charge in [-0.1, -0.05) is 39.0 Å². The SMILES string of the molecule is CC1(C)[C@@H]2CC[C@]1(C)[C@@H](O)C2.O=C(O)c1ccccc1. The van der Waals surface area contributed by atoms with E-state index in [0.717, 1.165) is 12.3 Å². The molecule has 2 saturated carbocycles. The van der Waals surface area contributed by atoms with Crippen LogP contribution >= 0.6 is 0 Å². The summed E-state index contributed by atoms with van der Waals surface area (Å²) >= 11 is 0. The third-order valence-electron chi connectivity index (χ3n) is 5.77. The van der Waals surface area contributed by atoms with Crippen molar-refractivity contribution in [2.24, 2.45) is 16.7 Å². The molecular formula is C17H24O3. The lowest BCUT2D eigenvalue weighted by Gasteiger charge is -2.36. The first-order valence-electron chi connectivity index (χ1n) is 7.25. The van der Waals surface area contributed by atoms with E-state index in [9.17, 15) is 9.90 Å². The van der Waals surface area contributed by atoms with E-state index in [1.165, 1.54) is 12.8 Å². The van der Waals surface area contributed by atoms with Crippen molar-refractivity contribution in [1.82, 2.24) is 0 Å². The average Bonchev–Trinajstić information content (AvgIpc) is 2.73. The summed E-state index contributed by atoms with van der Waals surface area (Å²) in [7, 11) is 0. The van der Waals surface area contributed by atoms with Crippen LogP contribution in [0, 0.1) is 16.7 Å². The Morgan fingerprint density at radius 1 is 1.20 bits per heavy atom. The van der Waals surface area contributed by atoms with Gasteiger partial charge in [-0.3, -0.25) is 0 Å². The lowest BCUT2D eigenvalue weighted by atomic mass is 9.70. The van der Waals surface area contributed by atoms with Gasteiger partial charge in [0.2, 0.25) is 0 Å². The van der Waals surface area contributed by atoms with E-state index in [2.05, 4.69) is 20.8 Å². The molecular weight excluding hydrogens is 252 g/mol. The molecule has 3 heteroatoms. The Hall–Kier alpha value is -1.35. The molecule has 2 aliphatic carbocycles. The van der Waals surface area contributed by atoms with Crippen molar-refractivity contribution in [3.63, 3.8) is 0 Å². The van der Waals surface area contributed by atoms with Gasteiger partial charge in [0.25, 0.3) is 0 Å². The highest BCUT2D eigenvalue weighted by molar-refractivity contribution is 5.87. The van der Waals surface area contributed by atoms with Crippen molar-refractivity contribution < 1.29 is 15.0 Å². The van der Waals surface area contributed by atoms with Crippen LogP contribution in [0.25, 0.3) is 0 Å². The third-order valence-corrected chi connectivity index (χ3v) is 5.77. The smallest absolute Gasteiger partial charge is 0.335 e. The minimum atomic E-state index is -0.879. The Balaban J connectivity index is 0.000000151. The third kappa shape index (κ3) is 2.35. The molecule has 0 unspecified atom stereocenters. The number of aromatic carboxylic acids is 1. The Morgan fingerprint density at radius 3 is 2.05 bits per heavy atom. The Morgan fingerprint density at radius 2 is 1.80 bits per heavy atom. The maximum Gasteiger partial charge on any atom is 0.335 e. The van der Waals surface area contributed by atoms with Crippen LogP contribution in [0.3, 0.4) is 0 Å². The van der Waals surface area contributed by atoms with Gasteiger partial charge in [0.05, 0.1) is 11.7 Å². The van der Waals surface area contributed by atoms with E-state index in [-0.39, 0.29) is 11.5 Å². The monoisotopic (exact) mass is 276 g/mol. The lowest BCUT2D eigenvalue weighted by Crippen LogP contribution is -2.35. The molecule has 1 aromatic carbocycles. The fourth-order valence-electron chi connectivity index (χ4n) is 3.74. The summed E-state index contributed by atoms with van der Waals surface area (Å²) < 4.78 is 0. The summed E-state index contributed by atoms with van der Waals surface area (Å²) in [6.07, 6.45) is 3.58. The highest BCUT2D eigenvalue weighted by Crippen LogP contribution is 2.65. The van der Waals surface area contributed by atoms with E-state index in [1.54, 1.807) is 30.3 Å². The number of fused-ring (bicyclic) bond motifs is 2. The molecule has 2 N–H and O–H groups in total. The van der Waals surface area contributed by atoms with Crippen LogP contribution < -0.4 is 0 Å². The van der Waals surface area contributed by atoms with Gasteiger partial charge in [-0.05, 0) is 48.1 Å². The van der Waals surface area contributed by atoms with E-state index >= 15 is 0 Å². The lowest BCUT2D eigenvalue weighted by molar-refractivity contribution is 0.0126. The van der Waals surface area contributed by atoms with Crippen LogP contribution in [0.5, 0.6) is 0 Å². The van der Waals surface area contributed by atoms with Crippen LogP contribution in [-0.4, -0.2) is 22.3 Å². The van der Waals surface area contributed by atoms with E-state index in [0.29, 0.717) is 11.0 Å². The summed E-state index contributed by atoms with van der Waals surface area (Å²) in [5.41, 5.74) is 0.932. The van der Waals surface area contributed by atoms with Crippen LogP contribution in [0.4, 0.5) is 0 Å². The number of carbonyl (C=O) groups is 1. The number of hydrogen-bond donors (Lipinski definition) is 2. The van der Waals surface area contributed by atoms with Crippen molar-refractivity contribution in [2.45, 2.75) is 46.1 Å². The van der Waals surface area contributed by atoms with Gasteiger partial charge >= 0.3 is 5.97 Å². The second-order valence-electron chi connectivity index (χ2n) is 6.80. The maximum atomic E-state index is 10.2. The minimum absolute atomic E-state index is 0.0313. The largest absolute Gasteiger partial charge is 0.478 e. The summed E-state index contributed by atoms with van der Waals surface area (Å²) in [5, 5.41) is 18.2. The van der Waals surface area contributed by atoms with E-state index < -0.39 is 5.97 Å². The molecule has 2 fully saturated rings. The van der Waals surface area contributed by atoms with Gasteiger partial charge in [-0.25, -0.2) is 4.79 Å². The van der Waals surface area contributed by atoms with E-state index in [1.807, 2.05) is 0 Å². The molecule has 0 heterocycles. The second kappa shape index (κ2) is 5.21. The summed E-state index contributed by atoms with van der Waals surface area (Å²) in [4.78, 5) is 10.2. The molecule has 0 amide bonds. The molecule has 3 atom stereocenters. The molecule has 0 radical (unpaired) electrons. The predicted molar refractivity (Wildman–Crippen MR) is 78.6 cm³/mol. The zero-order valence-corrected chi connectivity index (χ0v) is 12.5. The molecule has 0 aromatic heterocycles. The first-order chi connectivity index (χ1) is 9.29. The number of hydrogen-bond acceptors (Lipinski definition) is 2. The molecule has 0 aliphatic heterocycles. The van der Waals surface area contributed by atoms with Crippen molar-refractivity contribution in [1.29, 1.82) is 0 Å². The second-order valence-corrected chi connectivity index (χ2v) is 6.80. The van der Waals surface area contributed by atoms with Crippen LogP contribution in [-0.2, 0) is 0 Å². The minimum Gasteiger partial charge on any atom is -0.478 e. The summed E-state index contributed by atoms with van der Waals surface area (Å²) in [6, 6.07) is 8.30. The van der Waals surface area contributed by atoms with Crippen molar-refractivity contribution >= 4 is 5.97 Å². The Bertz CT molecular complexity index is 480. The number of rotatable bonds is 1. The Kier molecular flexibility index (Phi) is 3.92. The van der Waals surface area contributed by atoms with Gasteiger partial charge in [0.15, 0.2) is 0 Å². The molecule has 0 spiro atoms. The normalized spacial score (nSPS) is 33.4. The quantitative estimate of drug-likeness (QED) is 0.824. The molecule has 2 bridgehead atoms. The topological polar surface area (TPSA) is 57.5 Å². The van der Waals surface area contributed by atoms with Gasteiger partial charge < -0.3 is 10.2 Å². The molecule has 3 rings (SSSR count). The number of carboxylic acid groups (broad SMARTS) is 1. The van der Waals surface area contributed by atoms with Crippen molar-refractivity contribution in [2.75, 3.05) is 0 Å². The molecule has 110 valence electrons. The Labute approximate surface area is 120 Å². The highest BCUT2D eigenvalue weighted by Gasteiger charge is 2.60. The van der Waals surface area contributed by atoms with Crippen molar-refractivity contribution in [3.8, 4) is 0 Å². The van der Waals surface area contributed by atoms with Gasteiger partial charge in [0, 0.05) is 0 Å². The number of aliphatic hydroxyl groups is 1. The molecule has 20 heavy (non-hydrogen) atoms. The molecule has 0 saturated heterocycles. The molecule has 3 nitrogen and oxygen atoms in total. The number of aliphatic hydroxyl groups excluding tert-OH is 1. The molecule has 2 aliphatic rings. The van der Waals surface area contributed by atoms with Crippen LogP contribution in [0.2, 0.25) is 0 Å². The maximum absolute atomic E-state index is 10.2. The highest BCUT2D eigenvalue weighted by atomic mass is 16.4. The fraction of sp³-hybridized carbons (Fsp3) is 0.588. The van der Waals surface area contributed by atoms with Crippen molar-refractivity contribution in [3.05, 3.63) is 35.9 Å². The zero-order valence-electron chi connectivity index (χ0n) is 12.5. The average molecular weight is 276 g/mol. The predicted octanol–water partition coefficient (Wildman–Crippen LogP) is 3.58. The van der Waals surface area contributed by atoms with Crippen LogP contribution in [0.1, 0.15) is 50.4 Å². The zero-order chi connectivity index (χ0) is 15.0. The standard InChI is InChI=1S/C10H18O.C7H6O2/c1-9(2)7-4-5-10(9,3)8(11)6-7;8-7(9)6-4-2-1-3-5-6/h7-8,11H,4-6H2,1-3H3;1-5H,(H,8,9)/t7-,8+,10-;/m1./s1. The number of carboxylic acids is 1. The van der Waals surface area contributed by atoms with Gasteiger partial charge in [0.1, 0.15) is 0 Å². The summed E-state index contributed by atoms with van der Waals surface area (Å²) in [5.74, 6) is -0.0990. The first-order valence-corrected chi connectivity index (χ1v) is 7.25. The number of benzene rings is 1. The first kappa shape index (κ1) is 15.0. The van der Waals surface area contributed by atoms with E-state index in [4.69, 9.17) is 5.11 Å². The van der Waals surface area contributed by atoms with Gasteiger partial charge in [-0.2, -0.15) is 0 Å². The van der Waals surface area contributed by atoms with Gasteiger partial charge in [-0.15, -0.1) is 0 Å². The molecule has 1 aromatic rings. The fourth-order valence-corrected chi connectivity index (χ4v) is 3.74.